The molecular weight excluding hydrogens is 376 g/mol. The molecule has 0 saturated carbocycles. The van der Waals surface area contributed by atoms with Crippen molar-refractivity contribution >= 4 is 16.7 Å². The summed E-state index contributed by atoms with van der Waals surface area (Å²) in [5, 5.41) is 8.81. The molecular formula is C21H19F2N5O. The molecule has 1 N–H and O–H groups in total. The smallest absolute Gasteiger partial charge is 0.251 e. The van der Waals surface area contributed by atoms with Crippen LogP contribution in [0.4, 0.5) is 14.5 Å². The number of fused-ring (bicyclic) bond motifs is 1. The lowest BCUT2D eigenvalue weighted by molar-refractivity contribution is 0.249. The SMILES string of the molecule is Cc1cc2ncc(CN3CCN(c4cc(F)c(C#N)cc4F)CC3)cc2[nH]c1=O. The highest BCUT2D eigenvalue weighted by Gasteiger charge is 2.21. The first-order chi connectivity index (χ1) is 13.9. The quantitative estimate of drug-likeness (QED) is 0.738. The molecule has 8 heteroatoms. The van der Waals surface area contributed by atoms with Gasteiger partial charge in [0, 0.05) is 50.6 Å². The van der Waals surface area contributed by atoms with Crippen LogP contribution in [0.3, 0.4) is 0 Å². The molecule has 0 spiro atoms. The first kappa shape index (κ1) is 19.0. The molecule has 6 nitrogen and oxygen atoms in total. The summed E-state index contributed by atoms with van der Waals surface area (Å²) in [7, 11) is 0. The van der Waals surface area contributed by atoms with E-state index in [2.05, 4.69) is 14.9 Å². The summed E-state index contributed by atoms with van der Waals surface area (Å²) in [6.07, 6.45) is 1.79. The van der Waals surface area contributed by atoms with Gasteiger partial charge in [-0.1, -0.05) is 0 Å². The van der Waals surface area contributed by atoms with Crippen LogP contribution in [0.5, 0.6) is 0 Å². The van der Waals surface area contributed by atoms with E-state index >= 15 is 0 Å². The van der Waals surface area contributed by atoms with Crippen LogP contribution in [-0.4, -0.2) is 41.0 Å². The molecule has 2 aromatic heterocycles. The third kappa shape index (κ3) is 3.82. The fourth-order valence-electron chi connectivity index (χ4n) is 3.58. The Morgan fingerprint density at radius 2 is 1.90 bits per heavy atom. The van der Waals surface area contributed by atoms with Gasteiger partial charge in [0.2, 0.25) is 0 Å². The van der Waals surface area contributed by atoms with Crippen LogP contribution >= 0.6 is 0 Å². The number of halogens is 2. The van der Waals surface area contributed by atoms with E-state index < -0.39 is 11.6 Å². The van der Waals surface area contributed by atoms with Crippen molar-refractivity contribution < 1.29 is 8.78 Å². The Morgan fingerprint density at radius 1 is 1.14 bits per heavy atom. The number of hydrogen-bond donors (Lipinski definition) is 1. The molecule has 148 valence electrons. The van der Waals surface area contributed by atoms with Crippen LogP contribution in [0.2, 0.25) is 0 Å². The number of anilines is 1. The molecule has 3 aromatic rings. The molecule has 3 heterocycles. The van der Waals surface area contributed by atoms with E-state index in [1.54, 1.807) is 30.2 Å². The van der Waals surface area contributed by atoms with Crippen LogP contribution in [-0.2, 0) is 6.54 Å². The van der Waals surface area contributed by atoms with Crippen molar-refractivity contribution in [1.29, 1.82) is 5.26 Å². The maximum absolute atomic E-state index is 14.2. The van der Waals surface area contributed by atoms with Crippen LogP contribution in [0.25, 0.3) is 11.0 Å². The summed E-state index contributed by atoms with van der Waals surface area (Å²) < 4.78 is 28.1. The van der Waals surface area contributed by atoms with Gasteiger partial charge in [0.1, 0.15) is 17.7 Å². The average molecular weight is 395 g/mol. The second-order valence-corrected chi connectivity index (χ2v) is 7.22. The Hall–Kier alpha value is -3.31. The zero-order chi connectivity index (χ0) is 20.5. The minimum atomic E-state index is -0.710. The Labute approximate surface area is 166 Å². The zero-order valence-corrected chi connectivity index (χ0v) is 15.9. The molecule has 29 heavy (non-hydrogen) atoms. The molecule has 1 fully saturated rings. The topological polar surface area (TPSA) is 76.0 Å². The number of aryl methyl sites for hydroxylation is 1. The number of H-pyrrole nitrogens is 1. The second kappa shape index (κ2) is 7.60. The van der Waals surface area contributed by atoms with Crippen LogP contribution in [0.1, 0.15) is 16.7 Å². The first-order valence-electron chi connectivity index (χ1n) is 9.29. The predicted molar refractivity (Wildman–Crippen MR) is 106 cm³/mol. The molecule has 1 saturated heterocycles. The van der Waals surface area contributed by atoms with Crippen molar-refractivity contribution in [1.82, 2.24) is 14.9 Å². The number of rotatable bonds is 3. The van der Waals surface area contributed by atoms with Crippen LogP contribution in [0.15, 0.2) is 35.3 Å². The highest BCUT2D eigenvalue weighted by Crippen LogP contribution is 2.24. The molecule has 0 bridgehead atoms. The van der Waals surface area contributed by atoms with E-state index in [4.69, 9.17) is 5.26 Å². The summed E-state index contributed by atoms with van der Waals surface area (Å²) in [4.78, 5) is 23.1. The number of benzene rings is 1. The van der Waals surface area contributed by atoms with Crippen molar-refractivity contribution in [2.75, 3.05) is 31.1 Å². The van der Waals surface area contributed by atoms with Gasteiger partial charge in [-0.25, -0.2) is 8.78 Å². The van der Waals surface area contributed by atoms with Crippen LogP contribution in [0, 0.1) is 29.9 Å². The average Bonchev–Trinajstić information content (AvgIpc) is 2.71. The molecule has 0 unspecified atom stereocenters. The zero-order valence-electron chi connectivity index (χ0n) is 15.9. The number of nitrogens with zero attached hydrogens (tertiary/aromatic N) is 4. The van der Waals surface area contributed by atoms with E-state index in [-0.39, 0.29) is 16.8 Å². The molecule has 0 atom stereocenters. The normalized spacial score (nSPS) is 14.9. The van der Waals surface area contributed by atoms with Crippen molar-refractivity contribution in [3.05, 3.63) is 69.1 Å². The van der Waals surface area contributed by atoms with Gasteiger partial charge in [-0.15, -0.1) is 0 Å². The monoisotopic (exact) mass is 395 g/mol. The Bertz CT molecular complexity index is 1180. The third-order valence-corrected chi connectivity index (χ3v) is 5.21. The van der Waals surface area contributed by atoms with Crippen molar-refractivity contribution in [3.63, 3.8) is 0 Å². The number of hydrogen-bond acceptors (Lipinski definition) is 5. The summed E-state index contributed by atoms with van der Waals surface area (Å²) >= 11 is 0. The summed E-state index contributed by atoms with van der Waals surface area (Å²) in [5.41, 5.74) is 2.81. The van der Waals surface area contributed by atoms with Crippen LogP contribution < -0.4 is 10.5 Å². The van der Waals surface area contributed by atoms with E-state index in [0.29, 0.717) is 43.8 Å². The van der Waals surface area contributed by atoms with Gasteiger partial charge in [-0.3, -0.25) is 14.7 Å². The summed E-state index contributed by atoms with van der Waals surface area (Å²) in [6.45, 7) is 4.82. The largest absolute Gasteiger partial charge is 0.367 e. The Morgan fingerprint density at radius 3 is 2.62 bits per heavy atom. The number of piperazine rings is 1. The standard InChI is InChI=1S/C21H19F2N5O/c1-13-6-18-19(26-21(13)29)7-14(11-25-18)12-27-2-4-28(5-3-27)20-9-16(22)15(10-24)8-17(20)23/h6-9,11H,2-5,12H2,1H3,(H,26,29). The van der Waals surface area contributed by atoms with Gasteiger partial charge in [0.05, 0.1) is 22.3 Å². The number of nitrogens with one attached hydrogen (secondary N) is 1. The van der Waals surface area contributed by atoms with E-state index in [1.165, 1.54) is 0 Å². The van der Waals surface area contributed by atoms with Gasteiger partial charge in [0.25, 0.3) is 5.56 Å². The van der Waals surface area contributed by atoms with Gasteiger partial charge < -0.3 is 9.88 Å². The minimum absolute atomic E-state index is 0.123. The molecule has 0 radical (unpaired) electrons. The number of aromatic amines is 1. The number of nitriles is 1. The lowest BCUT2D eigenvalue weighted by Gasteiger charge is -2.36. The Kier molecular flexibility index (Phi) is 4.99. The molecule has 4 rings (SSSR count). The summed E-state index contributed by atoms with van der Waals surface area (Å²) in [5.74, 6) is -1.30. The van der Waals surface area contributed by atoms with Crippen molar-refractivity contribution in [2.45, 2.75) is 13.5 Å². The van der Waals surface area contributed by atoms with E-state index in [9.17, 15) is 13.6 Å². The van der Waals surface area contributed by atoms with Gasteiger partial charge in [0.15, 0.2) is 0 Å². The maximum atomic E-state index is 14.2. The van der Waals surface area contributed by atoms with Gasteiger partial charge >= 0.3 is 0 Å². The first-order valence-corrected chi connectivity index (χ1v) is 9.29. The number of aromatic nitrogens is 2. The summed E-state index contributed by atoms with van der Waals surface area (Å²) in [6, 6.07) is 7.37. The molecule has 1 aliphatic heterocycles. The Balaban J connectivity index is 1.45. The maximum Gasteiger partial charge on any atom is 0.251 e. The van der Waals surface area contributed by atoms with Crippen molar-refractivity contribution in [3.8, 4) is 6.07 Å². The predicted octanol–water partition coefficient (Wildman–Crippen LogP) is 2.70. The minimum Gasteiger partial charge on any atom is -0.367 e. The molecule has 1 aliphatic rings. The third-order valence-electron chi connectivity index (χ3n) is 5.21. The fraction of sp³-hybridized carbons (Fsp3) is 0.286. The second-order valence-electron chi connectivity index (χ2n) is 7.22. The molecule has 0 aliphatic carbocycles. The lowest BCUT2D eigenvalue weighted by atomic mass is 10.1. The van der Waals surface area contributed by atoms with Gasteiger partial charge in [-0.05, 0) is 30.7 Å². The van der Waals surface area contributed by atoms with E-state index in [1.807, 2.05) is 6.07 Å². The fourth-order valence-corrected chi connectivity index (χ4v) is 3.58. The highest BCUT2D eigenvalue weighted by atomic mass is 19.1. The van der Waals surface area contributed by atoms with Crippen molar-refractivity contribution in [2.24, 2.45) is 0 Å². The molecule has 1 aromatic carbocycles. The lowest BCUT2D eigenvalue weighted by Crippen LogP contribution is -2.46. The van der Waals surface area contributed by atoms with Gasteiger partial charge in [-0.2, -0.15) is 5.26 Å². The highest BCUT2D eigenvalue weighted by molar-refractivity contribution is 5.74. The molecule has 0 amide bonds. The van der Waals surface area contributed by atoms with E-state index in [0.717, 1.165) is 23.2 Å². The number of pyridine rings is 2.